The van der Waals surface area contributed by atoms with Crippen LogP contribution in [0.3, 0.4) is 0 Å². The highest BCUT2D eigenvalue weighted by Gasteiger charge is 2.20. The number of hydrogen-bond donors (Lipinski definition) is 3. The van der Waals surface area contributed by atoms with Gasteiger partial charge in [0.05, 0.1) is 6.54 Å². The summed E-state index contributed by atoms with van der Waals surface area (Å²) in [6.07, 6.45) is 1.05. The zero-order valence-electron chi connectivity index (χ0n) is 12.1. The fourth-order valence-corrected chi connectivity index (χ4v) is 1.93. The normalized spacial score (nSPS) is 12.1. The second kappa shape index (κ2) is 6.63. The summed E-state index contributed by atoms with van der Waals surface area (Å²) in [5.74, 6) is 0.931. The molecule has 1 heterocycles. The molecule has 0 aliphatic rings. The molecule has 0 aliphatic heterocycles. The van der Waals surface area contributed by atoms with Crippen LogP contribution in [0.2, 0.25) is 0 Å². The van der Waals surface area contributed by atoms with E-state index in [1.165, 1.54) is 0 Å². The van der Waals surface area contributed by atoms with Crippen molar-refractivity contribution >= 4 is 11.9 Å². The van der Waals surface area contributed by atoms with Gasteiger partial charge in [-0.1, -0.05) is 20.8 Å². The van der Waals surface area contributed by atoms with Crippen LogP contribution in [-0.4, -0.2) is 39.5 Å². The van der Waals surface area contributed by atoms with Crippen molar-refractivity contribution in [2.24, 2.45) is 11.1 Å². The van der Waals surface area contributed by atoms with Crippen LogP contribution in [0.4, 0.5) is 11.9 Å². The molecule has 0 amide bonds. The molecule has 1 aromatic rings. The van der Waals surface area contributed by atoms with Gasteiger partial charge < -0.3 is 17.2 Å². The highest BCUT2D eigenvalue weighted by Crippen LogP contribution is 2.16. The molecule has 0 spiro atoms. The largest absolute Gasteiger partial charge is 0.368 e. The summed E-state index contributed by atoms with van der Waals surface area (Å²) in [6.45, 7) is 9.50. The first-order chi connectivity index (χ1) is 8.86. The standard InChI is InChI=1S/C12H25N7/c1-4-5-19(8-12(2,3)7-13)6-9-16-10(14)18-11(15)17-9/h4-8,13H2,1-3H3,(H4,14,15,16,17,18). The zero-order valence-corrected chi connectivity index (χ0v) is 12.1. The molecule has 108 valence electrons. The summed E-state index contributed by atoms with van der Waals surface area (Å²) in [5.41, 5.74) is 17.0. The molecular formula is C12H25N7. The number of anilines is 2. The van der Waals surface area contributed by atoms with Crippen LogP contribution in [0.5, 0.6) is 0 Å². The van der Waals surface area contributed by atoms with Crippen LogP contribution in [-0.2, 0) is 6.54 Å². The Balaban J connectivity index is 2.77. The van der Waals surface area contributed by atoms with Gasteiger partial charge >= 0.3 is 0 Å². The van der Waals surface area contributed by atoms with E-state index in [9.17, 15) is 0 Å². The molecule has 0 bridgehead atoms. The predicted octanol–water partition coefficient (Wildman–Crippen LogP) is 0.233. The van der Waals surface area contributed by atoms with E-state index >= 15 is 0 Å². The molecule has 0 atom stereocenters. The van der Waals surface area contributed by atoms with E-state index in [4.69, 9.17) is 17.2 Å². The first-order valence-corrected chi connectivity index (χ1v) is 6.54. The van der Waals surface area contributed by atoms with Gasteiger partial charge in [-0.25, -0.2) is 0 Å². The lowest BCUT2D eigenvalue weighted by Gasteiger charge is -2.31. The fourth-order valence-electron chi connectivity index (χ4n) is 1.93. The molecule has 0 aromatic carbocycles. The average molecular weight is 267 g/mol. The Morgan fingerprint density at radius 1 is 1.11 bits per heavy atom. The SMILES string of the molecule is CCCN(Cc1nc(N)nc(N)n1)CC(C)(C)CN. The van der Waals surface area contributed by atoms with E-state index in [-0.39, 0.29) is 17.3 Å². The van der Waals surface area contributed by atoms with Gasteiger partial charge in [0.15, 0.2) is 0 Å². The minimum atomic E-state index is 0.0549. The molecule has 19 heavy (non-hydrogen) atoms. The average Bonchev–Trinajstić information content (AvgIpc) is 2.27. The Bertz CT molecular complexity index is 385. The lowest BCUT2D eigenvalue weighted by atomic mass is 9.93. The van der Waals surface area contributed by atoms with Crippen molar-refractivity contribution < 1.29 is 0 Å². The third-order valence-electron chi connectivity index (χ3n) is 2.83. The molecule has 0 radical (unpaired) electrons. The van der Waals surface area contributed by atoms with Gasteiger partial charge in [0.25, 0.3) is 0 Å². The van der Waals surface area contributed by atoms with E-state index in [1.54, 1.807) is 0 Å². The summed E-state index contributed by atoms with van der Waals surface area (Å²) < 4.78 is 0. The van der Waals surface area contributed by atoms with E-state index < -0.39 is 0 Å². The minimum Gasteiger partial charge on any atom is -0.368 e. The van der Waals surface area contributed by atoms with E-state index in [0.717, 1.165) is 19.5 Å². The maximum absolute atomic E-state index is 5.78. The maximum atomic E-state index is 5.78. The van der Waals surface area contributed by atoms with Crippen LogP contribution in [0, 0.1) is 5.41 Å². The molecule has 7 nitrogen and oxygen atoms in total. The summed E-state index contributed by atoms with van der Waals surface area (Å²) >= 11 is 0. The summed E-state index contributed by atoms with van der Waals surface area (Å²) in [6, 6.07) is 0. The van der Waals surface area contributed by atoms with Crippen molar-refractivity contribution in [2.75, 3.05) is 31.1 Å². The summed E-state index contributed by atoms with van der Waals surface area (Å²) in [7, 11) is 0. The molecule has 0 saturated carbocycles. The van der Waals surface area contributed by atoms with Crippen LogP contribution in [0.25, 0.3) is 0 Å². The van der Waals surface area contributed by atoms with Gasteiger partial charge in [-0.2, -0.15) is 15.0 Å². The lowest BCUT2D eigenvalue weighted by Crippen LogP contribution is -2.39. The highest BCUT2D eigenvalue weighted by molar-refractivity contribution is 5.25. The molecule has 1 aromatic heterocycles. The highest BCUT2D eigenvalue weighted by atomic mass is 15.2. The monoisotopic (exact) mass is 267 g/mol. The first kappa shape index (κ1) is 15.6. The van der Waals surface area contributed by atoms with E-state index in [0.29, 0.717) is 18.9 Å². The Morgan fingerprint density at radius 3 is 2.16 bits per heavy atom. The van der Waals surface area contributed by atoms with Crippen molar-refractivity contribution in [3.05, 3.63) is 5.82 Å². The van der Waals surface area contributed by atoms with Crippen molar-refractivity contribution in [2.45, 2.75) is 33.7 Å². The van der Waals surface area contributed by atoms with Crippen LogP contribution in [0.15, 0.2) is 0 Å². The van der Waals surface area contributed by atoms with E-state index in [2.05, 4.69) is 40.6 Å². The topological polar surface area (TPSA) is 120 Å². The molecule has 1 rings (SSSR count). The van der Waals surface area contributed by atoms with Gasteiger partial charge in [-0.3, -0.25) is 4.90 Å². The molecule has 0 aliphatic carbocycles. The van der Waals surface area contributed by atoms with Gasteiger partial charge in [0.2, 0.25) is 11.9 Å². The number of nitrogens with two attached hydrogens (primary N) is 3. The van der Waals surface area contributed by atoms with Gasteiger partial charge in [-0.05, 0) is 24.9 Å². The minimum absolute atomic E-state index is 0.0549. The molecular weight excluding hydrogens is 242 g/mol. The number of rotatable bonds is 7. The molecule has 0 saturated heterocycles. The Morgan fingerprint density at radius 2 is 1.68 bits per heavy atom. The number of aromatic nitrogens is 3. The fraction of sp³-hybridized carbons (Fsp3) is 0.750. The molecule has 6 N–H and O–H groups in total. The number of nitrogen functional groups attached to an aromatic ring is 2. The summed E-state index contributed by atoms with van der Waals surface area (Å²) in [5, 5.41) is 0. The smallest absolute Gasteiger partial charge is 0.225 e. The van der Waals surface area contributed by atoms with Gasteiger partial charge in [-0.15, -0.1) is 0 Å². The number of nitrogens with zero attached hydrogens (tertiary/aromatic N) is 4. The van der Waals surface area contributed by atoms with Gasteiger partial charge in [0, 0.05) is 6.54 Å². The Hall–Kier alpha value is -1.47. The lowest BCUT2D eigenvalue weighted by molar-refractivity contribution is 0.172. The molecule has 7 heteroatoms. The molecule has 0 fully saturated rings. The third kappa shape index (κ3) is 5.35. The maximum Gasteiger partial charge on any atom is 0.225 e. The predicted molar refractivity (Wildman–Crippen MR) is 77.1 cm³/mol. The first-order valence-electron chi connectivity index (χ1n) is 6.54. The molecule has 0 unspecified atom stereocenters. The van der Waals surface area contributed by atoms with Crippen molar-refractivity contribution in [3.8, 4) is 0 Å². The third-order valence-corrected chi connectivity index (χ3v) is 2.83. The van der Waals surface area contributed by atoms with Crippen molar-refractivity contribution in [1.82, 2.24) is 19.9 Å². The van der Waals surface area contributed by atoms with Crippen LogP contribution in [0.1, 0.15) is 33.0 Å². The van der Waals surface area contributed by atoms with Crippen LogP contribution < -0.4 is 17.2 Å². The van der Waals surface area contributed by atoms with Crippen LogP contribution >= 0.6 is 0 Å². The second-order valence-electron chi connectivity index (χ2n) is 5.55. The zero-order chi connectivity index (χ0) is 14.5. The quantitative estimate of drug-likeness (QED) is 0.646. The van der Waals surface area contributed by atoms with Gasteiger partial charge in [0.1, 0.15) is 5.82 Å². The van der Waals surface area contributed by atoms with Crippen molar-refractivity contribution in [1.29, 1.82) is 0 Å². The van der Waals surface area contributed by atoms with E-state index in [1.807, 2.05) is 0 Å². The Labute approximate surface area is 114 Å². The Kier molecular flexibility index (Phi) is 5.44. The number of hydrogen-bond acceptors (Lipinski definition) is 7. The van der Waals surface area contributed by atoms with Crippen molar-refractivity contribution in [3.63, 3.8) is 0 Å². The summed E-state index contributed by atoms with van der Waals surface area (Å²) in [4.78, 5) is 14.3. The second-order valence-corrected chi connectivity index (χ2v) is 5.55.